The summed E-state index contributed by atoms with van der Waals surface area (Å²) in [5.41, 5.74) is 4.34. The maximum Gasteiger partial charge on any atom is 0.343 e. The molecular formula is C22H17N3O5. The summed E-state index contributed by atoms with van der Waals surface area (Å²) in [5, 5.41) is 14.6. The van der Waals surface area contributed by atoms with E-state index in [1.807, 2.05) is 13.0 Å². The molecule has 0 heterocycles. The quantitative estimate of drug-likeness (QED) is 0.221. The molecule has 0 unspecified atom stereocenters. The molecule has 1 amide bonds. The Hall–Kier alpha value is -4.33. The number of carbonyl (C=O) groups is 2. The Kier molecular flexibility index (Phi) is 6.29. The molecule has 0 fully saturated rings. The lowest BCUT2D eigenvalue weighted by Gasteiger charge is -2.05. The number of nitro benzene ring substituents is 1. The Balaban J connectivity index is 1.58. The minimum Gasteiger partial charge on any atom is -0.423 e. The van der Waals surface area contributed by atoms with Gasteiger partial charge in [0.15, 0.2) is 0 Å². The molecule has 3 aromatic rings. The lowest BCUT2D eigenvalue weighted by molar-refractivity contribution is -0.384. The van der Waals surface area contributed by atoms with Crippen molar-refractivity contribution >= 4 is 23.8 Å². The second-order valence-electron chi connectivity index (χ2n) is 6.33. The first-order valence-electron chi connectivity index (χ1n) is 8.89. The molecule has 0 aliphatic rings. The van der Waals surface area contributed by atoms with Gasteiger partial charge in [0.2, 0.25) is 0 Å². The third-order valence-corrected chi connectivity index (χ3v) is 4.04. The third kappa shape index (κ3) is 5.35. The highest BCUT2D eigenvalue weighted by atomic mass is 16.6. The molecule has 3 rings (SSSR count). The van der Waals surface area contributed by atoms with Crippen LogP contribution in [0.5, 0.6) is 5.75 Å². The van der Waals surface area contributed by atoms with Crippen LogP contribution in [0.3, 0.4) is 0 Å². The van der Waals surface area contributed by atoms with Gasteiger partial charge in [-0.15, -0.1) is 0 Å². The molecule has 8 nitrogen and oxygen atoms in total. The largest absolute Gasteiger partial charge is 0.423 e. The zero-order valence-electron chi connectivity index (χ0n) is 15.9. The monoisotopic (exact) mass is 403 g/mol. The zero-order chi connectivity index (χ0) is 21.5. The predicted molar refractivity (Wildman–Crippen MR) is 111 cm³/mol. The number of benzene rings is 3. The number of amides is 1. The van der Waals surface area contributed by atoms with Crippen LogP contribution < -0.4 is 10.2 Å². The van der Waals surface area contributed by atoms with Crippen LogP contribution in [0, 0.1) is 17.0 Å². The number of hydrogen-bond acceptors (Lipinski definition) is 6. The van der Waals surface area contributed by atoms with Gasteiger partial charge < -0.3 is 4.74 Å². The SMILES string of the molecule is Cc1cccc(C(=O)Oc2ccc(/C=N/NC(=O)c3cccc([N+](=O)[O-])c3)cc2)c1. The van der Waals surface area contributed by atoms with Gasteiger partial charge in [0.1, 0.15) is 5.75 Å². The molecule has 0 saturated carbocycles. The number of nitrogens with one attached hydrogen (secondary N) is 1. The number of nitrogens with zero attached hydrogens (tertiary/aromatic N) is 2. The van der Waals surface area contributed by atoms with E-state index >= 15 is 0 Å². The second kappa shape index (κ2) is 9.24. The van der Waals surface area contributed by atoms with Crippen LogP contribution in [0.25, 0.3) is 0 Å². The van der Waals surface area contributed by atoms with Crippen LogP contribution in [-0.4, -0.2) is 23.0 Å². The highest BCUT2D eigenvalue weighted by Gasteiger charge is 2.11. The Morgan fingerprint density at radius 2 is 1.70 bits per heavy atom. The fraction of sp³-hybridized carbons (Fsp3) is 0.0455. The Labute approximate surface area is 172 Å². The van der Waals surface area contributed by atoms with E-state index in [9.17, 15) is 19.7 Å². The maximum absolute atomic E-state index is 12.2. The minimum atomic E-state index is -0.576. The van der Waals surface area contributed by atoms with E-state index in [2.05, 4.69) is 10.5 Å². The van der Waals surface area contributed by atoms with E-state index < -0.39 is 16.8 Å². The van der Waals surface area contributed by atoms with E-state index in [0.29, 0.717) is 16.9 Å². The predicted octanol–water partition coefficient (Wildman–Crippen LogP) is 3.89. The van der Waals surface area contributed by atoms with Gasteiger partial charge in [-0.05, 0) is 55.0 Å². The summed E-state index contributed by atoms with van der Waals surface area (Å²) >= 11 is 0. The van der Waals surface area contributed by atoms with Crippen molar-refractivity contribution in [2.24, 2.45) is 5.10 Å². The van der Waals surface area contributed by atoms with Crippen molar-refractivity contribution in [2.75, 3.05) is 0 Å². The maximum atomic E-state index is 12.2. The smallest absolute Gasteiger partial charge is 0.343 e. The van der Waals surface area contributed by atoms with Crippen molar-refractivity contribution < 1.29 is 19.2 Å². The van der Waals surface area contributed by atoms with Crippen molar-refractivity contribution in [1.82, 2.24) is 5.43 Å². The van der Waals surface area contributed by atoms with E-state index in [4.69, 9.17) is 4.74 Å². The molecule has 0 atom stereocenters. The summed E-state index contributed by atoms with van der Waals surface area (Å²) in [6, 6.07) is 19.0. The molecule has 30 heavy (non-hydrogen) atoms. The average molecular weight is 403 g/mol. The Morgan fingerprint density at radius 3 is 2.40 bits per heavy atom. The van der Waals surface area contributed by atoms with Gasteiger partial charge in [0.05, 0.1) is 16.7 Å². The molecule has 0 spiro atoms. The van der Waals surface area contributed by atoms with Crippen LogP contribution in [0.15, 0.2) is 77.9 Å². The lowest BCUT2D eigenvalue weighted by atomic mass is 10.1. The summed E-state index contributed by atoms with van der Waals surface area (Å²) in [4.78, 5) is 34.4. The van der Waals surface area contributed by atoms with E-state index in [1.165, 1.54) is 30.5 Å². The van der Waals surface area contributed by atoms with Crippen molar-refractivity contribution in [3.8, 4) is 5.75 Å². The molecule has 0 saturated heterocycles. The second-order valence-corrected chi connectivity index (χ2v) is 6.33. The van der Waals surface area contributed by atoms with Crippen molar-refractivity contribution in [3.63, 3.8) is 0 Å². The highest BCUT2D eigenvalue weighted by Crippen LogP contribution is 2.15. The number of hydrogen-bond donors (Lipinski definition) is 1. The number of carbonyl (C=O) groups excluding carboxylic acids is 2. The number of esters is 1. The lowest BCUT2D eigenvalue weighted by Crippen LogP contribution is -2.17. The normalized spacial score (nSPS) is 10.6. The van der Waals surface area contributed by atoms with Crippen LogP contribution in [0.4, 0.5) is 5.69 Å². The summed E-state index contributed by atoms with van der Waals surface area (Å²) < 4.78 is 5.33. The summed E-state index contributed by atoms with van der Waals surface area (Å²) in [6.07, 6.45) is 1.40. The van der Waals surface area contributed by atoms with Crippen LogP contribution >= 0.6 is 0 Å². The van der Waals surface area contributed by atoms with E-state index in [-0.39, 0.29) is 11.3 Å². The van der Waals surface area contributed by atoms with E-state index in [1.54, 1.807) is 42.5 Å². The fourth-order valence-electron chi connectivity index (χ4n) is 2.55. The first-order chi connectivity index (χ1) is 14.4. The van der Waals surface area contributed by atoms with Gasteiger partial charge in [0, 0.05) is 17.7 Å². The molecule has 0 bridgehead atoms. The third-order valence-electron chi connectivity index (χ3n) is 4.04. The summed E-state index contributed by atoms with van der Waals surface area (Å²) in [5.74, 6) is -0.651. The summed E-state index contributed by atoms with van der Waals surface area (Å²) in [7, 11) is 0. The van der Waals surface area contributed by atoms with Crippen LogP contribution in [0.2, 0.25) is 0 Å². The molecule has 0 aliphatic heterocycles. The fourth-order valence-corrected chi connectivity index (χ4v) is 2.55. The minimum absolute atomic E-state index is 0.125. The van der Waals surface area contributed by atoms with Gasteiger partial charge >= 0.3 is 5.97 Å². The molecule has 3 aromatic carbocycles. The number of rotatable bonds is 6. The van der Waals surface area contributed by atoms with Crippen molar-refractivity contribution in [1.29, 1.82) is 0 Å². The first-order valence-corrected chi connectivity index (χ1v) is 8.89. The number of aryl methyl sites for hydroxylation is 1. The van der Waals surface area contributed by atoms with Crippen molar-refractivity contribution in [3.05, 3.63) is 105 Å². The van der Waals surface area contributed by atoms with Gasteiger partial charge in [-0.3, -0.25) is 14.9 Å². The molecule has 150 valence electrons. The van der Waals surface area contributed by atoms with Crippen molar-refractivity contribution in [2.45, 2.75) is 6.92 Å². The Bertz CT molecular complexity index is 1120. The standard InChI is InChI=1S/C22H17N3O5/c1-15-4-2-6-18(12-15)22(27)30-20-10-8-16(9-11-20)14-23-24-21(26)17-5-3-7-19(13-17)25(28)29/h2-14H,1H3,(H,24,26)/b23-14+. The number of non-ortho nitro benzene ring substituents is 1. The van der Waals surface area contributed by atoms with Gasteiger partial charge in [-0.1, -0.05) is 23.8 Å². The topological polar surface area (TPSA) is 111 Å². The molecule has 0 radical (unpaired) electrons. The molecule has 1 N–H and O–H groups in total. The van der Waals surface area contributed by atoms with Gasteiger partial charge in [-0.25, -0.2) is 10.2 Å². The summed E-state index contributed by atoms with van der Waals surface area (Å²) in [6.45, 7) is 1.89. The van der Waals surface area contributed by atoms with Crippen LogP contribution in [0.1, 0.15) is 31.8 Å². The molecule has 8 heteroatoms. The van der Waals surface area contributed by atoms with E-state index in [0.717, 1.165) is 5.56 Å². The first kappa shape index (κ1) is 20.4. The molecule has 0 aromatic heterocycles. The number of nitro groups is 1. The number of ether oxygens (including phenoxy) is 1. The molecular weight excluding hydrogens is 386 g/mol. The highest BCUT2D eigenvalue weighted by molar-refractivity contribution is 5.95. The molecule has 0 aliphatic carbocycles. The Morgan fingerprint density at radius 1 is 1.00 bits per heavy atom. The van der Waals surface area contributed by atoms with Gasteiger partial charge in [-0.2, -0.15) is 5.10 Å². The average Bonchev–Trinajstić information content (AvgIpc) is 2.75. The van der Waals surface area contributed by atoms with Crippen LogP contribution in [-0.2, 0) is 0 Å². The number of hydrazone groups is 1. The van der Waals surface area contributed by atoms with Gasteiger partial charge in [0.25, 0.3) is 11.6 Å². The zero-order valence-corrected chi connectivity index (χ0v) is 15.9.